The molecule has 0 radical (unpaired) electrons. The maximum atomic E-state index is 12.2. The molecule has 5 heteroatoms. The minimum Gasteiger partial charge on any atom is -0.357 e. The fourth-order valence-corrected chi connectivity index (χ4v) is 4.46. The van der Waals surface area contributed by atoms with Crippen molar-refractivity contribution in [2.24, 2.45) is 11.7 Å². The summed E-state index contributed by atoms with van der Waals surface area (Å²) >= 11 is 0. The van der Waals surface area contributed by atoms with Gasteiger partial charge >= 0.3 is 0 Å². The minimum atomic E-state index is 0.297. The predicted octanol–water partition coefficient (Wildman–Crippen LogP) is 1.94. The molecule has 0 spiro atoms. The number of nitrogens with two attached hydrogens (primary N) is 1. The van der Waals surface area contributed by atoms with Gasteiger partial charge in [-0.1, -0.05) is 18.2 Å². The van der Waals surface area contributed by atoms with E-state index in [9.17, 15) is 4.79 Å². The number of carbonyl (C=O) groups is 1. The summed E-state index contributed by atoms with van der Waals surface area (Å²) in [6, 6.07) is 11.1. The van der Waals surface area contributed by atoms with E-state index in [1.165, 1.54) is 16.6 Å². The second kappa shape index (κ2) is 6.57. The summed E-state index contributed by atoms with van der Waals surface area (Å²) in [6.45, 7) is 4.36. The van der Waals surface area contributed by atoms with Gasteiger partial charge in [-0.15, -0.1) is 0 Å². The van der Waals surface area contributed by atoms with Crippen LogP contribution in [0.25, 0.3) is 10.9 Å². The number of hydrogen-bond acceptors (Lipinski definition) is 3. The van der Waals surface area contributed by atoms with Gasteiger partial charge in [0.1, 0.15) is 0 Å². The zero-order valence-corrected chi connectivity index (χ0v) is 14.1. The lowest BCUT2D eigenvalue weighted by molar-refractivity contribution is -0.141. The number of amides is 1. The molecule has 1 aromatic heterocycles. The molecule has 2 saturated heterocycles. The topological polar surface area (TPSA) is 65.4 Å². The van der Waals surface area contributed by atoms with Crippen molar-refractivity contribution in [2.75, 3.05) is 26.2 Å². The fourth-order valence-electron chi connectivity index (χ4n) is 4.46. The van der Waals surface area contributed by atoms with Crippen LogP contribution in [-0.2, 0) is 11.3 Å². The molecular formula is C19H26N4O. The number of hydrogen-bond donors (Lipinski definition) is 2. The molecule has 2 fully saturated rings. The summed E-state index contributed by atoms with van der Waals surface area (Å²) < 4.78 is 0. The first-order chi connectivity index (χ1) is 11.7. The lowest BCUT2D eigenvalue weighted by Crippen LogP contribution is -2.56. The zero-order chi connectivity index (χ0) is 16.5. The Morgan fingerprint density at radius 2 is 2.12 bits per heavy atom. The van der Waals surface area contributed by atoms with Crippen molar-refractivity contribution in [3.05, 3.63) is 36.0 Å². The van der Waals surface area contributed by atoms with Crippen LogP contribution in [-0.4, -0.2) is 52.9 Å². The first-order valence-electron chi connectivity index (χ1n) is 9.03. The van der Waals surface area contributed by atoms with Gasteiger partial charge in [0.2, 0.25) is 5.91 Å². The smallest absolute Gasteiger partial charge is 0.222 e. The van der Waals surface area contributed by atoms with Crippen LogP contribution >= 0.6 is 0 Å². The standard InChI is InChI=1S/C19H26N4O/c20-8-10-23-18-7-9-22(12-15(18)5-6-19(23)24)13-16-11-14-3-1-2-4-17(14)21-16/h1-4,11,15,18,21H,5-10,12-13,20H2/t15-,18+/m0/s1. The normalized spacial score (nSPS) is 25.2. The van der Waals surface area contributed by atoms with E-state index in [0.29, 0.717) is 37.4 Å². The SMILES string of the molecule is NCCN1C(=O)CC[C@H]2CN(Cc3cc4ccccc4[nH]3)CC[C@H]21. The van der Waals surface area contributed by atoms with Crippen LogP contribution < -0.4 is 5.73 Å². The highest BCUT2D eigenvalue weighted by Crippen LogP contribution is 2.31. The molecule has 2 aliphatic heterocycles. The Balaban J connectivity index is 1.43. The molecule has 0 aliphatic carbocycles. The van der Waals surface area contributed by atoms with Gasteiger partial charge in [-0.25, -0.2) is 0 Å². The van der Waals surface area contributed by atoms with Crippen molar-refractivity contribution in [1.82, 2.24) is 14.8 Å². The summed E-state index contributed by atoms with van der Waals surface area (Å²) in [5.74, 6) is 0.887. The highest BCUT2D eigenvalue weighted by molar-refractivity contribution is 5.80. The molecule has 2 aromatic rings. The van der Waals surface area contributed by atoms with Gasteiger partial charge in [-0.2, -0.15) is 0 Å². The van der Waals surface area contributed by atoms with E-state index >= 15 is 0 Å². The molecule has 128 valence electrons. The number of piperidine rings is 2. The van der Waals surface area contributed by atoms with E-state index in [4.69, 9.17) is 5.73 Å². The van der Waals surface area contributed by atoms with Crippen LogP contribution in [0.2, 0.25) is 0 Å². The average Bonchev–Trinajstić information content (AvgIpc) is 3.00. The number of carbonyl (C=O) groups excluding carboxylic acids is 1. The number of rotatable bonds is 4. The monoisotopic (exact) mass is 326 g/mol. The Labute approximate surface area is 142 Å². The van der Waals surface area contributed by atoms with Gasteiger partial charge in [0.25, 0.3) is 0 Å². The van der Waals surface area contributed by atoms with Crippen molar-refractivity contribution < 1.29 is 4.79 Å². The number of aromatic nitrogens is 1. The molecule has 3 N–H and O–H groups in total. The Hall–Kier alpha value is -1.85. The Kier molecular flexibility index (Phi) is 4.29. The first-order valence-corrected chi connectivity index (χ1v) is 9.03. The zero-order valence-electron chi connectivity index (χ0n) is 14.1. The number of benzene rings is 1. The fraction of sp³-hybridized carbons (Fsp3) is 0.526. The molecule has 1 amide bonds. The number of likely N-dealkylation sites (tertiary alicyclic amines) is 2. The van der Waals surface area contributed by atoms with Gasteiger partial charge in [0, 0.05) is 56.4 Å². The third-order valence-electron chi connectivity index (χ3n) is 5.58. The summed E-state index contributed by atoms with van der Waals surface area (Å²) in [6.07, 6.45) is 2.77. The van der Waals surface area contributed by atoms with Crippen molar-refractivity contribution >= 4 is 16.8 Å². The van der Waals surface area contributed by atoms with Gasteiger partial charge < -0.3 is 15.6 Å². The van der Waals surface area contributed by atoms with Crippen LogP contribution in [0.5, 0.6) is 0 Å². The third-order valence-corrected chi connectivity index (χ3v) is 5.58. The largest absolute Gasteiger partial charge is 0.357 e. The number of fused-ring (bicyclic) bond motifs is 2. The summed E-state index contributed by atoms with van der Waals surface area (Å²) in [5, 5.41) is 1.28. The molecule has 3 heterocycles. The van der Waals surface area contributed by atoms with Crippen LogP contribution in [0, 0.1) is 5.92 Å². The lowest BCUT2D eigenvalue weighted by Gasteiger charge is -2.47. The Morgan fingerprint density at radius 1 is 1.25 bits per heavy atom. The number of para-hydroxylation sites is 1. The van der Waals surface area contributed by atoms with Crippen LogP contribution in [0.3, 0.4) is 0 Å². The molecule has 5 nitrogen and oxygen atoms in total. The third kappa shape index (κ3) is 2.94. The maximum Gasteiger partial charge on any atom is 0.222 e. The van der Waals surface area contributed by atoms with Gasteiger partial charge in [0.05, 0.1) is 0 Å². The summed E-state index contributed by atoms with van der Waals surface area (Å²) in [4.78, 5) is 20.3. The molecule has 0 saturated carbocycles. The van der Waals surface area contributed by atoms with Crippen molar-refractivity contribution in [1.29, 1.82) is 0 Å². The minimum absolute atomic E-state index is 0.297. The lowest BCUT2D eigenvalue weighted by atomic mass is 9.83. The van der Waals surface area contributed by atoms with Crippen LogP contribution in [0.1, 0.15) is 25.0 Å². The second-order valence-corrected chi connectivity index (χ2v) is 7.15. The van der Waals surface area contributed by atoms with Gasteiger partial charge in [-0.3, -0.25) is 9.69 Å². The Morgan fingerprint density at radius 3 is 2.96 bits per heavy atom. The van der Waals surface area contributed by atoms with E-state index in [1.807, 2.05) is 0 Å². The number of nitrogens with zero attached hydrogens (tertiary/aromatic N) is 2. The van der Waals surface area contributed by atoms with Crippen LogP contribution in [0.15, 0.2) is 30.3 Å². The molecule has 0 bridgehead atoms. The van der Waals surface area contributed by atoms with Crippen molar-refractivity contribution in [3.8, 4) is 0 Å². The second-order valence-electron chi connectivity index (χ2n) is 7.15. The van der Waals surface area contributed by atoms with Crippen molar-refractivity contribution in [3.63, 3.8) is 0 Å². The van der Waals surface area contributed by atoms with E-state index in [-0.39, 0.29) is 0 Å². The molecule has 0 unspecified atom stereocenters. The quantitative estimate of drug-likeness (QED) is 0.902. The van der Waals surface area contributed by atoms with Gasteiger partial charge in [-0.05, 0) is 36.3 Å². The maximum absolute atomic E-state index is 12.2. The molecular weight excluding hydrogens is 300 g/mol. The van der Waals surface area contributed by atoms with Crippen LogP contribution in [0.4, 0.5) is 0 Å². The Bertz CT molecular complexity index is 692. The highest BCUT2D eigenvalue weighted by Gasteiger charge is 2.38. The molecule has 2 atom stereocenters. The van der Waals surface area contributed by atoms with E-state index in [1.54, 1.807) is 0 Å². The number of H-pyrrole nitrogens is 1. The van der Waals surface area contributed by atoms with Gasteiger partial charge in [0.15, 0.2) is 0 Å². The average molecular weight is 326 g/mol. The molecule has 4 rings (SSSR count). The van der Waals surface area contributed by atoms with E-state index in [0.717, 1.165) is 32.5 Å². The summed E-state index contributed by atoms with van der Waals surface area (Å²) in [7, 11) is 0. The number of nitrogens with one attached hydrogen (secondary N) is 1. The van der Waals surface area contributed by atoms with E-state index < -0.39 is 0 Å². The molecule has 2 aliphatic rings. The summed E-state index contributed by atoms with van der Waals surface area (Å²) in [5.41, 5.74) is 8.19. The molecule has 1 aromatic carbocycles. The first kappa shape index (κ1) is 15.7. The van der Waals surface area contributed by atoms with Crippen molar-refractivity contribution in [2.45, 2.75) is 31.8 Å². The molecule has 24 heavy (non-hydrogen) atoms. The highest BCUT2D eigenvalue weighted by atomic mass is 16.2. The number of aromatic amines is 1. The van der Waals surface area contributed by atoms with E-state index in [2.05, 4.69) is 45.1 Å². The predicted molar refractivity (Wildman–Crippen MR) is 95.5 cm³/mol.